The Hall–Kier alpha value is -5.41. The highest BCUT2D eigenvalue weighted by molar-refractivity contribution is 5.95. The van der Waals surface area contributed by atoms with Crippen molar-refractivity contribution in [3.05, 3.63) is 119 Å². The molecule has 8 rings (SSSR count). The summed E-state index contributed by atoms with van der Waals surface area (Å²) in [5.41, 5.74) is -7.60. The molecule has 5 aliphatic rings. The first-order chi connectivity index (χ1) is 32.2. The van der Waals surface area contributed by atoms with E-state index < -0.39 is 138 Å². The van der Waals surface area contributed by atoms with Gasteiger partial charge in [0, 0.05) is 30.7 Å². The Morgan fingerprint density at radius 2 is 1.43 bits per heavy atom. The van der Waals surface area contributed by atoms with Crippen molar-refractivity contribution in [3.63, 3.8) is 0 Å². The number of aliphatic hydroxyl groups excluding tert-OH is 5. The monoisotopic (exact) mass is 943 g/mol. The number of nitrogens with one attached hydrogen (secondary N) is 1. The second-order valence-corrected chi connectivity index (χ2v) is 19.1. The van der Waals surface area contributed by atoms with Crippen LogP contribution in [0.25, 0.3) is 0 Å². The molecule has 15 atom stereocenters. The van der Waals surface area contributed by atoms with E-state index >= 15 is 4.79 Å². The van der Waals surface area contributed by atoms with E-state index in [0.29, 0.717) is 5.56 Å². The molecule has 3 aromatic rings. The topological polar surface area (TPSA) is 274 Å². The van der Waals surface area contributed by atoms with Gasteiger partial charge in [-0.3, -0.25) is 14.4 Å². The van der Waals surface area contributed by atoms with E-state index in [0.717, 1.165) is 6.92 Å². The van der Waals surface area contributed by atoms with Crippen LogP contribution in [0, 0.1) is 16.7 Å². The normalized spacial score (nSPS) is 36.0. The zero-order valence-corrected chi connectivity index (χ0v) is 38.1. The molecule has 3 aliphatic carbocycles. The smallest absolute Gasteiger partial charge is 0.338 e. The summed E-state index contributed by atoms with van der Waals surface area (Å²) in [4.78, 5) is 71.3. The van der Waals surface area contributed by atoms with Gasteiger partial charge in [0.2, 0.25) is 0 Å². The number of benzene rings is 3. The van der Waals surface area contributed by atoms with E-state index in [2.05, 4.69) is 5.32 Å². The summed E-state index contributed by atoms with van der Waals surface area (Å²) in [6.45, 7) is 6.21. The minimum absolute atomic E-state index is 0.0280. The molecule has 4 fully saturated rings. The Kier molecular flexibility index (Phi) is 13.3. The van der Waals surface area contributed by atoms with Gasteiger partial charge in [0.25, 0.3) is 5.91 Å². The van der Waals surface area contributed by atoms with E-state index in [1.807, 2.05) is 0 Å². The number of ketones is 1. The van der Waals surface area contributed by atoms with Crippen molar-refractivity contribution in [1.82, 2.24) is 5.32 Å². The molecule has 2 saturated heterocycles. The molecule has 7 N–H and O–H groups in total. The molecule has 18 nitrogen and oxygen atoms in total. The number of carbonyl (C=O) groups excluding carboxylic acids is 5. The van der Waals surface area contributed by atoms with Gasteiger partial charge in [-0.1, -0.05) is 80.6 Å². The zero-order chi connectivity index (χ0) is 49.1. The fraction of sp³-hybridized carbons (Fsp3) is 0.500. The molecule has 2 heterocycles. The highest BCUT2D eigenvalue weighted by atomic mass is 16.7. The molecule has 0 aromatic heterocycles. The van der Waals surface area contributed by atoms with Crippen molar-refractivity contribution in [3.8, 4) is 0 Å². The standard InChI is InChI=1S/C50H57NO17/c1-25-31(65-45(61)38(56)35(27-15-9-6-10-16-27)51-43(59)28-17-11-7-12-18-28)22-50(62)42(67-44(60)29-19-13-8-14-20-29)40-48(5,41(58)37(55)34(25)47(50,3)4)32(21-33-49(40,24-64-33)68-26(2)52)66-46-39(57)36(54)30(53)23-63-46/h6-20,30-33,35-40,42,46,53-57,62H,21-24H2,1-5H3,(H,51,59)/t30-,31+,32+,33-,35+,36+,37-,38-,39-,40-,42+,46+,48-,49+,50-/m1/s1. The number of carbonyl (C=O) groups is 5. The number of aliphatic hydroxyl groups is 6. The third-order valence-electron chi connectivity index (χ3n) is 14.9. The highest BCUT2D eigenvalue weighted by Crippen LogP contribution is 2.65. The maximum absolute atomic E-state index is 15.7. The van der Waals surface area contributed by atoms with E-state index in [1.54, 1.807) is 78.9 Å². The van der Waals surface area contributed by atoms with Crippen LogP contribution in [0.4, 0.5) is 0 Å². The van der Waals surface area contributed by atoms with Crippen LogP contribution in [0.15, 0.2) is 102 Å². The molecule has 1 amide bonds. The zero-order valence-electron chi connectivity index (χ0n) is 38.1. The van der Waals surface area contributed by atoms with Crippen LogP contribution in [0.2, 0.25) is 0 Å². The average molecular weight is 944 g/mol. The molecule has 68 heavy (non-hydrogen) atoms. The van der Waals surface area contributed by atoms with Crippen LogP contribution in [0.5, 0.6) is 0 Å². The van der Waals surface area contributed by atoms with Crippen LogP contribution >= 0.6 is 0 Å². The Bertz CT molecular complexity index is 2430. The summed E-state index contributed by atoms with van der Waals surface area (Å²) in [6, 6.07) is 22.7. The number of hydrogen-bond donors (Lipinski definition) is 7. The molecule has 3 aromatic carbocycles. The number of esters is 3. The van der Waals surface area contributed by atoms with E-state index in [9.17, 15) is 49.8 Å². The van der Waals surface area contributed by atoms with Gasteiger partial charge < -0.3 is 64.4 Å². The van der Waals surface area contributed by atoms with Gasteiger partial charge in [-0.25, -0.2) is 9.59 Å². The molecule has 2 bridgehead atoms. The lowest BCUT2D eigenvalue weighted by Crippen LogP contribution is -2.82. The Morgan fingerprint density at radius 3 is 2.01 bits per heavy atom. The molecule has 2 aliphatic heterocycles. The van der Waals surface area contributed by atoms with Gasteiger partial charge in [0.1, 0.15) is 48.3 Å². The first-order valence-electron chi connectivity index (χ1n) is 22.5. The predicted molar refractivity (Wildman–Crippen MR) is 235 cm³/mol. The minimum Gasteiger partial charge on any atom is -0.456 e. The molecular weight excluding hydrogens is 887 g/mol. The van der Waals surface area contributed by atoms with Crippen molar-refractivity contribution in [2.75, 3.05) is 13.2 Å². The van der Waals surface area contributed by atoms with Gasteiger partial charge in [-0.2, -0.15) is 0 Å². The van der Waals surface area contributed by atoms with E-state index in [4.69, 9.17) is 28.4 Å². The third-order valence-corrected chi connectivity index (χ3v) is 14.9. The largest absolute Gasteiger partial charge is 0.456 e. The quantitative estimate of drug-likeness (QED) is 0.0818. The van der Waals surface area contributed by atoms with Crippen molar-refractivity contribution in [2.24, 2.45) is 16.7 Å². The Morgan fingerprint density at radius 1 is 0.824 bits per heavy atom. The van der Waals surface area contributed by atoms with Crippen molar-refractivity contribution in [1.29, 1.82) is 0 Å². The van der Waals surface area contributed by atoms with Crippen LogP contribution in [-0.4, -0.2) is 146 Å². The predicted octanol–water partition coefficient (Wildman–Crippen LogP) is 1.63. The van der Waals surface area contributed by atoms with Gasteiger partial charge in [0.15, 0.2) is 23.8 Å². The summed E-state index contributed by atoms with van der Waals surface area (Å²) in [5, 5.41) is 72.9. The van der Waals surface area contributed by atoms with Crippen molar-refractivity contribution >= 4 is 29.6 Å². The molecule has 0 spiro atoms. The van der Waals surface area contributed by atoms with Gasteiger partial charge >= 0.3 is 17.9 Å². The molecule has 2 saturated carbocycles. The lowest BCUT2D eigenvalue weighted by molar-refractivity contribution is -0.366. The van der Waals surface area contributed by atoms with Gasteiger partial charge in [0.05, 0.1) is 42.3 Å². The molecule has 18 heteroatoms. The fourth-order valence-electron chi connectivity index (χ4n) is 11.2. The number of hydrogen-bond acceptors (Lipinski definition) is 17. The molecule has 0 unspecified atom stereocenters. The number of fused-ring (bicyclic) bond motifs is 5. The van der Waals surface area contributed by atoms with E-state index in [1.165, 1.54) is 39.8 Å². The van der Waals surface area contributed by atoms with Crippen LogP contribution < -0.4 is 5.32 Å². The molecule has 364 valence electrons. The maximum Gasteiger partial charge on any atom is 0.338 e. The van der Waals surface area contributed by atoms with Crippen molar-refractivity contribution in [2.45, 2.75) is 126 Å². The molecular formula is C50H57NO17. The summed E-state index contributed by atoms with van der Waals surface area (Å²) < 4.78 is 36.8. The Labute approximate surface area is 391 Å². The third kappa shape index (κ3) is 8.14. The first-order valence-corrected chi connectivity index (χ1v) is 22.5. The first kappa shape index (κ1) is 49.0. The lowest BCUT2D eigenvalue weighted by Gasteiger charge is -2.68. The molecule has 0 radical (unpaired) electrons. The number of ether oxygens (including phenoxy) is 6. The Balaban J connectivity index is 1.26. The lowest BCUT2D eigenvalue weighted by atomic mass is 9.44. The maximum atomic E-state index is 15.7. The fourth-order valence-corrected chi connectivity index (χ4v) is 11.2. The number of rotatable bonds is 11. The van der Waals surface area contributed by atoms with E-state index in [-0.39, 0.29) is 35.3 Å². The number of amides is 1. The van der Waals surface area contributed by atoms with Crippen molar-refractivity contribution < 1.29 is 83.0 Å². The van der Waals surface area contributed by atoms with Gasteiger partial charge in [-0.15, -0.1) is 0 Å². The summed E-state index contributed by atoms with van der Waals surface area (Å²) >= 11 is 0. The number of Topliss-reactive ketones (excluding diaryl/α,β-unsaturated/α-hetero) is 1. The SMILES string of the molecule is CC(=O)O[C@@]12CO[C@@H]1C[C@H](O[C@@H]1OC[C@@H](O)[C@H](O)[C@H]1O)[C@@]1(C)C(=O)[C@H](O)C3=C(C)[C@@H](OC(=O)[C@H](O)[C@@H](NC(=O)c4ccccc4)c4ccccc4)C[C@@](O)([C@@H](OC(=O)c4ccccc4)[C@@H]21)C3(C)C. The van der Waals surface area contributed by atoms with Gasteiger partial charge in [-0.05, 0) is 54.8 Å². The average Bonchev–Trinajstić information content (AvgIpc) is 3.31. The highest BCUT2D eigenvalue weighted by Gasteiger charge is 2.78. The minimum atomic E-state index is -2.47. The summed E-state index contributed by atoms with van der Waals surface area (Å²) in [5.74, 6) is -6.29. The second-order valence-electron chi connectivity index (χ2n) is 19.1. The van der Waals surface area contributed by atoms with Crippen LogP contribution in [0.1, 0.15) is 79.8 Å². The van der Waals surface area contributed by atoms with Crippen LogP contribution in [-0.2, 0) is 42.8 Å². The second kappa shape index (κ2) is 18.5. The summed E-state index contributed by atoms with van der Waals surface area (Å²) in [7, 11) is 0. The van der Waals surface area contributed by atoms with Crippen LogP contribution in [0.3, 0.4) is 0 Å². The summed E-state index contributed by atoms with van der Waals surface area (Å²) in [6.07, 6.45) is -17.8.